The van der Waals surface area contributed by atoms with E-state index >= 15 is 0 Å². The number of nitrogens with one attached hydrogen (secondary N) is 1. The second-order valence-electron chi connectivity index (χ2n) is 6.55. The van der Waals surface area contributed by atoms with E-state index in [9.17, 15) is 18.8 Å². The largest absolute Gasteiger partial charge is 0.351 e. The molecule has 1 saturated heterocycles. The van der Waals surface area contributed by atoms with Crippen LogP contribution in [0.15, 0.2) is 41.8 Å². The number of benzene rings is 1. The number of rotatable bonds is 6. The van der Waals surface area contributed by atoms with E-state index in [0.717, 1.165) is 5.56 Å². The molecule has 1 aliphatic rings. The number of thiophene rings is 1. The van der Waals surface area contributed by atoms with Crippen LogP contribution in [-0.2, 0) is 16.0 Å². The van der Waals surface area contributed by atoms with E-state index < -0.39 is 0 Å². The van der Waals surface area contributed by atoms with Crippen LogP contribution in [0, 0.1) is 5.82 Å². The van der Waals surface area contributed by atoms with Crippen molar-refractivity contribution >= 4 is 29.1 Å². The van der Waals surface area contributed by atoms with Crippen molar-refractivity contribution in [2.45, 2.75) is 12.8 Å². The van der Waals surface area contributed by atoms with Gasteiger partial charge in [0.2, 0.25) is 11.8 Å². The molecular formula is C20H22FN3O3S. The molecule has 8 heteroatoms. The van der Waals surface area contributed by atoms with Gasteiger partial charge in [0, 0.05) is 39.1 Å². The Hall–Kier alpha value is -2.74. The Morgan fingerprint density at radius 2 is 1.61 bits per heavy atom. The molecule has 1 aromatic carbocycles. The van der Waals surface area contributed by atoms with Crippen LogP contribution < -0.4 is 5.32 Å². The monoisotopic (exact) mass is 403 g/mol. The lowest BCUT2D eigenvalue weighted by molar-refractivity contribution is -0.139. The molecule has 0 unspecified atom stereocenters. The highest BCUT2D eigenvalue weighted by Crippen LogP contribution is 2.10. The zero-order chi connectivity index (χ0) is 19.9. The van der Waals surface area contributed by atoms with Crippen molar-refractivity contribution < 1.29 is 18.8 Å². The summed E-state index contributed by atoms with van der Waals surface area (Å²) >= 11 is 1.36. The third-order valence-electron chi connectivity index (χ3n) is 4.62. The number of piperazine rings is 1. The van der Waals surface area contributed by atoms with Crippen molar-refractivity contribution in [3.63, 3.8) is 0 Å². The standard InChI is InChI=1S/C20H22FN3O3S/c21-16-5-3-15(4-6-16)14-19(26)24-11-9-23(10-12-24)18(25)7-8-22-20(27)17-2-1-13-28-17/h1-6,13H,7-12,14H2,(H,22,27). The van der Waals surface area contributed by atoms with Gasteiger partial charge in [-0.05, 0) is 29.1 Å². The Kier molecular flexibility index (Phi) is 6.76. The third-order valence-corrected chi connectivity index (χ3v) is 5.49. The quantitative estimate of drug-likeness (QED) is 0.801. The third kappa shape index (κ3) is 5.39. The van der Waals surface area contributed by atoms with Crippen molar-refractivity contribution in [3.05, 3.63) is 58.0 Å². The van der Waals surface area contributed by atoms with Crippen molar-refractivity contribution in [2.75, 3.05) is 32.7 Å². The van der Waals surface area contributed by atoms with Crippen LogP contribution in [0.1, 0.15) is 21.7 Å². The lowest BCUT2D eigenvalue weighted by Gasteiger charge is -2.35. The summed E-state index contributed by atoms with van der Waals surface area (Å²) in [6.45, 7) is 2.21. The van der Waals surface area contributed by atoms with Crippen LogP contribution in [0.3, 0.4) is 0 Å². The fraction of sp³-hybridized carbons (Fsp3) is 0.350. The molecule has 28 heavy (non-hydrogen) atoms. The Bertz CT molecular complexity index is 816. The van der Waals surface area contributed by atoms with E-state index in [1.54, 1.807) is 28.0 Å². The zero-order valence-electron chi connectivity index (χ0n) is 15.4. The second-order valence-corrected chi connectivity index (χ2v) is 7.50. The topological polar surface area (TPSA) is 69.7 Å². The Morgan fingerprint density at radius 3 is 2.21 bits per heavy atom. The van der Waals surface area contributed by atoms with Gasteiger partial charge < -0.3 is 15.1 Å². The molecule has 1 fully saturated rings. The van der Waals surface area contributed by atoms with Crippen LogP contribution in [0.5, 0.6) is 0 Å². The molecule has 0 radical (unpaired) electrons. The summed E-state index contributed by atoms with van der Waals surface area (Å²) in [5.74, 6) is -0.548. The maximum Gasteiger partial charge on any atom is 0.261 e. The molecule has 1 aromatic heterocycles. The zero-order valence-corrected chi connectivity index (χ0v) is 16.2. The van der Waals surface area contributed by atoms with Gasteiger partial charge in [-0.15, -0.1) is 11.3 Å². The first-order valence-electron chi connectivity index (χ1n) is 9.14. The molecule has 2 aromatic rings. The highest BCUT2D eigenvalue weighted by molar-refractivity contribution is 7.12. The molecular weight excluding hydrogens is 381 g/mol. The van der Waals surface area contributed by atoms with Gasteiger partial charge in [0.15, 0.2) is 0 Å². The Morgan fingerprint density at radius 1 is 0.964 bits per heavy atom. The summed E-state index contributed by atoms with van der Waals surface area (Å²) in [6.07, 6.45) is 0.462. The predicted octanol–water partition coefficient (Wildman–Crippen LogP) is 1.92. The van der Waals surface area contributed by atoms with Gasteiger partial charge in [-0.25, -0.2) is 4.39 Å². The minimum atomic E-state index is -0.324. The van der Waals surface area contributed by atoms with Crippen molar-refractivity contribution in [2.24, 2.45) is 0 Å². The summed E-state index contributed by atoms with van der Waals surface area (Å²) < 4.78 is 12.9. The number of carbonyl (C=O) groups excluding carboxylic acids is 3. The fourth-order valence-corrected chi connectivity index (χ4v) is 3.67. The summed E-state index contributed by atoms with van der Waals surface area (Å²) in [5.41, 5.74) is 0.770. The first kappa shape index (κ1) is 20.0. The molecule has 0 saturated carbocycles. The first-order valence-corrected chi connectivity index (χ1v) is 10.0. The molecule has 6 nitrogen and oxygen atoms in total. The van der Waals surface area contributed by atoms with E-state index in [4.69, 9.17) is 0 Å². The van der Waals surface area contributed by atoms with E-state index in [1.165, 1.54) is 23.5 Å². The molecule has 0 aliphatic carbocycles. The molecule has 0 spiro atoms. The van der Waals surface area contributed by atoms with Gasteiger partial charge in [0.25, 0.3) is 5.91 Å². The maximum absolute atomic E-state index is 12.9. The number of hydrogen-bond acceptors (Lipinski definition) is 4. The molecule has 0 atom stereocenters. The van der Waals surface area contributed by atoms with Crippen molar-refractivity contribution in [1.82, 2.24) is 15.1 Å². The smallest absolute Gasteiger partial charge is 0.261 e. The minimum absolute atomic E-state index is 0.0260. The van der Waals surface area contributed by atoms with Crippen molar-refractivity contribution in [3.8, 4) is 0 Å². The summed E-state index contributed by atoms with van der Waals surface area (Å²) in [5, 5.41) is 4.58. The molecule has 148 valence electrons. The predicted molar refractivity (Wildman–Crippen MR) is 105 cm³/mol. The summed E-state index contributed by atoms with van der Waals surface area (Å²) in [4.78, 5) is 40.6. The van der Waals surface area contributed by atoms with E-state index in [1.807, 2.05) is 11.4 Å². The number of amides is 3. The Balaban J connectivity index is 1.38. The van der Waals surface area contributed by atoms with Crippen LogP contribution >= 0.6 is 11.3 Å². The molecule has 3 amide bonds. The van der Waals surface area contributed by atoms with Gasteiger partial charge in [-0.2, -0.15) is 0 Å². The van der Waals surface area contributed by atoms with Crippen LogP contribution in [-0.4, -0.2) is 60.2 Å². The average molecular weight is 403 g/mol. The fourth-order valence-electron chi connectivity index (χ4n) is 3.03. The number of carbonyl (C=O) groups is 3. The summed E-state index contributed by atoms with van der Waals surface area (Å²) in [7, 11) is 0. The number of nitrogens with zero attached hydrogens (tertiary/aromatic N) is 2. The molecule has 2 heterocycles. The van der Waals surface area contributed by atoms with E-state index in [2.05, 4.69) is 5.32 Å². The molecule has 1 N–H and O–H groups in total. The van der Waals surface area contributed by atoms with Gasteiger partial charge in [0.05, 0.1) is 11.3 Å². The average Bonchev–Trinajstić information content (AvgIpc) is 3.24. The first-order chi connectivity index (χ1) is 13.5. The Labute approximate surface area is 166 Å². The second kappa shape index (κ2) is 9.45. The molecule has 3 rings (SSSR count). The lowest BCUT2D eigenvalue weighted by atomic mass is 10.1. The van der Waals surface area contributed by atoms with E-state index in [0.29, 0.717) is 37.6 Å². The van der Waals surface area contributed by atoms with Crippen LogP contribution in [0.25, 0.3) is 0 Å². The van der Waals surface area contributed by atoms with Gasteiger partial charge in [-0.1, -0.05) is 18.2 Å². The molecule has 1 aliphatic heterocycles. The lowest BCUT2D eigenvalue weighted by Crippen LogP contribution is -2.51. The maximum atomic E-state index is 12.9. The van der Waals surface area contributed by atoms with Gasteiger partial charge >= 0.3 is 0 Å². The molecule has 0 bridgehead atoms. The highest BCUT2D eigenvalue weighted by atomic mass is 32.1. The van der Waals surface area contributed by atoms with Crippen molar-refractivity contribution in [1.29, 1.82) is 0 Å². The number of halogens is 1. The minimum Gasteiger partial charge on any atom is -0.351 e. The highest BCUT2D eigenvalue weighted by Gasteiger charge is 2.24. The van der Waals surface area contributed by atoms with Gasteiger partial charge in [0.1, 0.15) is 5.82 Å². The number of hydrogen-bond donors (Lipinski definition) is 1. The van der Waals surface area contributed by atoms with Crippen LogP contribution in [0.4, 0.5) is 4.39 Å². The van der Waals surface area contributed by atoms with Gasteiger partial charge in [-0.3, -0.25) is 14.4 Å². The normalized spacial score (nSPS) is 14.0. The summed E-state index contributed by atoms with van der Waals surface area (Å²) in [6, 6.07) is 9.45. The SMILES string of the molecule is O=C(NCCC(=O)N1CCN(C(=O)Cc2ccc(F)cc2)CC1)c1cccs1. The van der Waals surface area contributed by atoms with E-state index in [-0.39, 0.29) is 36.4 Å². The van der Waals surface area contributed by atoms with Crippen LogP contribution in [0.2, 0.25) is 0 Å².